The number of hydrogen-bond acceptors (Lipinski definition) is 9. The van der Waals surface area contributed by atoms with Gasteiger partial charge in [-0.15, -0.1) is 0 Å². The Morgan fingerprint density at radius 1 is 1.07 bits per heavy atom. The lowest BCUT2D eigenvalue weighted by atomic mass is 9.86. The first-order valence-electron chi connectivity index (χ1n) is 13.2. The Labute approximate surface area is 246 Å². The standard InChI is InChI=1S/C30H29FN6O5S/c1-30(2,3)19-10-17-14-34-37(29(40)27(17)23(31)12-19)25-7-5-6-21(22(25)16-38)24-11-18(28(39)36-35-24)13-32-26-9-8-20(15-33-26)43(4,41)42/h5-12,14-15,38H,13,16H2,1-4H3,(H,32,33)(H,36,39). The van der Waals surface area contributed by atoms with Crippen molar-refractivity contribution in [2.45, 2.75) is 44.2 Å². The summed E-state index contributed by atoms with van der Waals surface area (Å²) in [4.78, 5) is 30.2. The predicted octanol–water partition coefficient (Wildman–Crippen LogP) is 3.48. The molecule has 0 saturated heterocycles. The molecule has 13 heteroatoms. The topological polar surface area (TPSA) is 160 Å². The van der Waals surface area contributed by atoms with Crippen LogP contribution in [0.3, 0.4) is 0 Å². The molecule has 0 aliphatic heterocycles. The molecule has 0 amide bonds. The van der Waals surface area contributed by atoms with Crippen molar-refractivity contribution in [3.8, 4) is 16.9 Å². The molecule has 2 aromatic carbocycles. The summed E-state index contributed by atoms with van der Waals surface area (Å²) in [6, 6.07) is 12.4. The summed E-state index contributed by atoms with van der Waals surface area (Å²) in [5, 5.41) is 24.5. The van der Waals surface area contributed by atoms with Gasteiger partial charge in [0.2, 0.25) is 0 Å². The Morgan fingerprint density at radius 3 is 2.49 bits per heavy atom. The third-order valence-corrected chi connectivity index (χ3v) is 8.12. The molecular weight excluding hydrogens is 575 g/mol. The number of anilines is 1. The number of rotatable bonds is 7. The van der Waals surface area contributed by atoms with Crippen LogP contribution in [-0.2, 0) is 28.4 Å². The van der Waals surface area contributed by atoms with Crippen LogP contribution in [0.25, 0.3) is 27.7 Å². The Morgan fingerprint density at radius 2 is 1.84 bits per heavy atom. The molecule has 43 heavy (non-hydrogen) atoms. The van der Waals surface area contributed by atoms with Crippen molar-refractivity contribution in [3.05, 3.63) is 104 Å². The van der Waals surface area contributed by atoms with Gasteiger partial charge in [-0.25, -0.2) is 22.9 Å². The van der Waals surface area contributed by atoms with Crippen molar-refractivity contribution in [2.75, 3.05) is 11.6 Å². The molecule has 5 aromatic rings. The van der Waals surface area contributed by atoms with Crippen molar-refractivity contribution in [1.82, 2.24) is 25.0 Å². The first-order chi connectivity index (χ1) is 20.3. The van der Waals surface area contributed by atoms with Crippen LogP contribution in [0, 0.1) is 5.82 Å². The number of sulfone groups is 1. The van der Waals surface area contributed by atoms with Gasteiger partial charge in [0.05, 0.1) is 34.5 Å². The monoisotopic (exact) mass is 604 g/mol. The molecule has 0 saturated carbocycles. The number of pyridine rings is 1. The van der Waals surface area contributed by atoms with Gasteiger partial charge in [0.1, 0.15) is 11.6 Å². The maximum atomic E-state index is 15.2. The van der Waals surface area contributed by atoms with Gasteiger partial charge in [-0.2, -0.15) is 14.9 Å². The summed E-state index contributed by atoms with van der Waals surface area (Å²) in [6.45, 7) is 5.37. The lowest BCUT2D eigenvalue weighted by molar-refractivity contribution is 0.281. The van der Waals surface area contributed by atoms with E-state index in [4.69, 9.17) is 0 Å². The first-order valence-corrected chi connectivity index (χ1v) is 15.1. The highest BCUT2D eigenvalue weighted by Crippen LogP contribution is 2.29. The van der Waals surface area contributed by atoms with E-state index in [1.807, 2.05) is 20.8 Å². The van der Waals surface area contributed by atoms with Gasteiger partial charge in [-0.3, -0.25) is 9.59 Å². The highest BCUT2D eigenvalue weighted by Gasteiger charge is 2.21. The van der Waals surface area contributed by atoms with E-state index in [0.29, 0.717) is 28.0 Å². The highest BCUT2D eigenvalue weighted by atomic mass is 32.2. The van der Waals surface area contributed by atoms with Crippen molar-refractivity contribution in [1.29, 1.82) is 0 Å². The van der Waals surface area contributed by atoms with Gasteiger partial charge in [0.25, 0.3) is 11.1 Å². The van der Waals surface area contributed by atoms with Crippen molar-refractivity contribution >= 4 is 26.4 Å². The van der Waals surface area contributed by atoms with Crippen LogP contribution >= 0.6 is 0 Å². The summed E-state index contributed by atoms with van der Waals surface area (Å²) in [5.41, 5.74) is 0.771. The van der Waals surface area contributed by atoms with Gasteiger partial charge in [-0.1, -0.05) is 32.9 Å². The summed E-state index contributed by atoms with van der Waals surface area (Å²) < 4.78 is 39.6. The summed E-state index contributed by atoms with van der Waals surface area (Å²) in [5.74, 6) is -0.308. The minimum atomic E-state index is -3.40. The Kier molecular flexibility index (Phi) is 7.71. The first kappa shape index (κ1) is 29.7. The highest BCUT2D eigenvalue weighted by molar-refractivity contribution is 7.90. The average Bonchev–Trinajstić information content (AvgIpc) is 2.95. The number of aliphatic hydroxyl groups excluding tert-OH is 1. The smallest absolute Gasteiger partial charge is 0.282 e. The van der Waals surface area contributed by atoms with E-state index in [9.17, 15) is 23.1 Å². The van der Waals surface area contributed by atoms with E-state index in [1.165, 1.54) is 36.7 Å². The van der Waals surface area contributed by atoms with Gasteiger partial charge < -0.3 is 10.4 Å². The number of hydrogen-bond donors (Lipinski definition) is 3. The molecule has 0 atom stereocenters. The fourth-order valence-electron chi connectivity index (χ4n) is 4.62. The molecular formula is C30H29FN6O5S. The van der Waals surface area contributed by atoms with Crippen LogP contribution in [0.4, 0.5) is 10.2 Å². The minimum absolute atomic E-state index is 0.0335. The molecule has 0 unspecified atom stereocenters. The zero-order valence-electron chi connectivity index (χ0n) is 23.8. The van der Waals surface area contributed by atoms with Gasteiger partial charge >= 0.3 is 0 Å². The number of halogens is 1. The SMILES string of the molecule is CC(C)(C)c1cc(F)c2c(=O)n(-c3cccc(-c4cc(CNc5ccc(S(C)(=O)=O)cn5)c(=O)[nH]n4)c3CO)ncc2c1. The normalized spacial score (nSPS) is 12.0. The van der Waals surface area contributed by atoms with Crippen LogP contribution in [-0.4, -0.2) is 44.7 Å². The molecule has 3 aromatic heterocycles. The van der Waals surface area contributed by atoms with Crippen molar-refractivity contribution in [2.24, 2.45) is 0 Å². The van der Waals surface area contributed by atoms with Crippen LogP contribution < -0.4 is 16.4 Å². The number of aromatic nitrogens is 5. The third kappa shape index (κ3) is 5.94. The van der Waals surface area contributed by atoms with E-state index in [2.05, 4.69) is 25.6 Å². The zero-order chi connectivity index (χ0) is 31.1. The van der Waals surface area contributed by atoms with Crippen molar-refractivity contribution in [3.63, 3.8) is 0 Å². The van der Waals surface area contributed by atoms with E-state index in [-0.39, 0.29) is 33.5 Å². The summed E-state index contributed by atoms with van der Waals surface area (Å²) in [7, 11) is -3.40. The number of benzene rings is 2. The second kappa shape index (κ2) is 11.2. The maximum Gasteiger partial charge on any atom is 0.282 e. The number of nitrogens with zero attached hydrogens (tertiary/aromatic N) is 4. The number of nitrogens with one attached hydrogen (secondary N) is 2. The quantitative estimate of drug-likeness (QED) is 0.253. The maximum absolute atomic E-state index is 15.2. The average molecular weight is 605 g/mol. The molecule has 3 heterocycles. The third-order valence-electron chi connectivity index (χ3n) is 7.02. The number of aromatic amines is 1. The lowest BCUT2D eigenvalue weighted by Crippen LogP contribution is -2.24. The van der Waals surface area contributed by atoms with Gasteiger partial charge in [-0.05, 0) is 47.4 Å². The Hall–Kier alpha value is -4.75. The fourth-order valence-corrected chi connectivity index (χ4v) is 5.18. The molecule has 11 nitrogen and oxygen atoms in total. The van der Waals surface area contributed by atoms with Gasteiger partial charge in [0.15, 0.2) is 9.84 Å². The molecule has 0 fully saturated rings. The predicted molar refractivity (Wildman–Crippen MR) is 160 cm³/mol. The summed E-state index contributed by atoms with van der Waals surface area (Å²) in [6.07, 6.45) is 3.72. The molecule has 0 spiro atoms. The molecule has 5 rings (SSSR count). The van der Waals surface area contributed by atoms with Crippen LogP contribution in [0.15, 0.2) is 75.4 Å². The second-order valence-electron chi connectivity index (χ2n) is 11.1. The summed E-state index contributed by atoms with van der Waals surface area (Å²) >= 11 is 0. The number of fused-ring (bicyclic) bond motifs is 1. The fraction of sp³-hybridized carbons (Fsp3) is 0.233. The molecule has 222 valence electrons. The molecule has 0 bridgehead atoms. The molecule has 0 radical (unpaired) electrons. The Bertz CT molecular complexity index is 2080. The molecule has 0 aliphatic carbocycles. The van der Waals surface area contributed by atoms with Crippen LogP contribution in [0.1, 0.15) is 37.5 Å². The molecule has 0 aliphatic rings. The molecule has 3 N–H and O–H groups in total. The largest absolute Gasteiger partial charge is 0.392 e. The van der Waals surface area contributed by atoms with Crippen LogP contribution in [0.5, 0.6) is 0 Å². The van der Waals surface area contributed by atoms with E-state index in [1.54, 1.807) is 24.3 Å². The van der Waals surface area contributed by atoms with E-state index < -0.39 is 33.4 Å². The second-order valence-corrected chi connectivity index (χ2v) is 13.1. The van der Waals surface area contributed by atoms with E-state index >= 15 is 4.39 Å². The van der Waals surface area contributed by atoms with Crippen molar-refractivity contribution < 1.29 is 17.9 Å². The lowest BCUT2D eigenvalue weighted by Gasteiger charge is -2.20. The zero-order valence-corrected chi connectivity index (χ0v) is 24.7. The van der Waals surface area contributed by atoms with Crippen LogP contribution in [0.2, 0.25) is 0 Å². The van der Waals surface area contributed by atoms with E-state index in [0.717, 1.165) is 16.5 Å². The minimum Gasteiger partial charge on any atom is -0.392 e. The number of aliphatic hydroxyl groups is 1. The van der Waals surface area contributed by atoms with Gasteiger partial charge in [0, 0.05) is 41.1 Å². The number of H-pyrrole nitrogens is 1. The Balaban J connectivity index is 1.52.